The van der Waals surface area contributed by atoms with Crippen LogP contribution >= 0.6 is 0 Å². The maximum atomic E-state index is 4.59. The zero-order chi connectivity index (χ0) is 16.4. The van der Waals surface area contributed by atoms with Crippen molar-refractivity contribution in [1.82, 2.24) is 19.6 Å². The van der Waals surface area contributed by atoms with Gasteiger partial charge in [-0.1, -0.05) is 39.0 Å². The van der Waals surface area contributed by atoms with E-state index in [0.29, 0.717) is 5.92 Å². The molecule has 0 aliphatic heterocycles. The molecule has 0 saturated heterocycles. The number of nitrogens with zero attached hydrogens (tertiary/aromatic N) is 4. The molecule has 0 unspecified atom stereocenters. The summed E-state index contributed by atoms with van der Waals surface area (Å²) < 4.78 is 1.80. The van der Waals surface area contributed by atoms with E-state index in [1.54, 1.807) is 4.52 Å². The Morgan fingerprint density at radius 2 is 1.83 bits per heavy atom. The number of hydrogen-bond donors (Lipinski definition) is 0. The average molecular weight is 306 g/mol. The highest BCUT2D eigenvalue weighted by molar-refractivity contribution is 5.79. The van der Waals surface area contributed by atoms with Gasteiger partial charge in [-0.25, -0.2) is 9.50 Å². The summed E-state index contributed by atoms with van der Waals surface area (Å²) in [5.41, 5.74) is 5.12. The van der Waals surface area contributed by atoms with Crippen LogP contribution in [-0.4, -0.2) is 19.6 Å². The maximum Gasteiger partial charge on any atom is 0.163 e. The summed E-state index contributed by atoms with van der Waals surface area (Å²) in [4.78, 5) is 9.08. The molecule has 1 aliphatic rings. The number of fused-ring (bicyclic) bond motifs is 1. The van der Waals surface area contributed by atoms with Gasteiger partial charge in [0.1, 0.15) is 0 Å². The summed E-state index contributed by atoms with van der Waals surface area (Å²) in [5.74, 6) is 1.20. The molecule has 0 N–H and O–H groups in total. The number of allylic oxidation sites excluding steroid dienone is 2. The first-order valence-corrected chi connectivity index (χ1v) is 8.01. The Labute approximate surface area is 136 Å². The van der Waals surface area contributed by atoms with Gasteiger partial charge in [0.25, 0.3) is 0 Å². The van der Waals surface area contributed by atoms with Gasteiger partial charge in [-0.15, -0.1) is 0 Å². The van der Waals surface area contributed by atoms with Crippen LogP contribution in [0.15, 0.2) is 48.9 Å². The Morgan fingerprint density at radius 1 is 1.09 bits per heavy atom. The van der Waals surface area contributed by atoms with E-state index in [-0.39, 0.29) is 0 Å². The second kappa shape index (κ2) is 6.32. The predicted octanol–water partition coefficient (Wildman–Crippen LogP) is 4.42. The van der Waals surface area contributed by atoms with Crippen LogP contribution in [0.2, 0.25) is 0 Å². The van der Waals surface area contributed by atoms with Gasteiger partial charge in [-0.05, 0) is 25.0 Å². The molecule has 4 nitrogen and oxygen atoms in total. The highest BCUT2D eigenvalue weighted by Crippen LogP contribution is 2.36. The van der Waals surface area contributed by atoms with Gasteiger partial charge in [-0.2, -0.15) is 5.10 Å². The first-order valence-electron chi connectivity index (χ1n) is 8.01. The molecule has 0 atom stereocenters. The third-order valence-electron chi connectivity index (χ3n) is 3.34. The Morgan fingerprint density at radius 3 is 2.52 bits per heavy atom. The summed E-state index contributed by atoms with van der Waals surface area (Å²) in [6.45, 7) is 8.49. The van der Waals surface area contributed by atoms with Gasteiger partial charge in [0.15, 0.2) is 5.65 Å². The smallest absolute Gasteiger partial charge is 0.163 e. The second-order valence-electron chi connectivity index (χ2n) is 6.47. The first kappa shape index (κ1) is 15.4. The minimum absolute atomic E-state index is 0.371. The molecule has 0 aromatic carbocycles. The van der Waals surface area contributed by atoms with Crippen LogP contribution in [0.1, 0.15) is 38.1 Å². The van der Waals surface area contributed by atoms with Crippen LogP contribution < -0.4 is 0 Å². The SMILES string of the molecule is CC(C)C.Cc1ccn2ncc(-c3cccnc3C3C=C3)c2n1. The van der Waals surface area contributed by atoms with Gasteiger partial charge < -0.3 is 0 Å². The lowest BCUT2D eigenvalue weighted by Gasteiger charge is -2.06. The van der Waals surface area contributed by atoms with Crippen LogP contribution in [0.5, 0.6) is 0 Å². The van der Waals surface area contributed by atoms with E-state index >= 15 is 0 Å². The van der Waals surface area contributed by atoms with Crippen LogP contribution in [0, 0.1) is 12.8 Å². The molecular formula is C19H22N4. The molecule has 1 aliphatic carbocycles. The molecule has 4 rings (SSSR count). The van der Waals surface area contributed by atoms with Crippen LogP contribution in [0.25, 0.3) is 16.8 Å². The third-order valence-corrected chi connectivity index (χ3v) is 3.34. The highest BCUT2D eigenvalue weighted by Gasteiger charge is 2.21. The van der Waals surface area contributed by atoms with E-state index in [2.05, 4.69) is 54.1 Å². The highest BCUT2D eigenvalue weighted by atomic mass is 15.2. The molecule has 0 bridgehead atoms. The van der Waals surface area contributed by atoms with E-state index in [1.165, 1.54) is 0 Å². The number of aryl methyl sites for hydroxylation is 1. The standard InChI is InChI=1S/C15H12N4.C4H10/c1-10-6-8-19-15(18-10)13(9-17-19)12-3-2-7-16-14(12)11-4-5-11;1-4(2)3/h2-9,11H,1H3;4H,1-3H3. The monoisotopic (exact) mass is 306 g/mol. The van der Waals surface area contributed by atoms with Crippen LogP contribution in [-0.2, 0) is 0 Å². The Kier molecular flexibility index (Phi) is 4.24. The normalized spacial score (nSPS) is 13.3. The molecule has 0 amide bonds. The zero-order valence-corrected chi connectivity index (χ0v) is 14.1. The lowest BCUT2D eigenvalue weighted by molar-refractivity contribution is 0.737. The van der Waals surface area contributed by atoms with Gasteiger partial charge >= 0.3 is 0 Å². The second-order valence-corrected chi connectivity index (χ2v) is 6.47. The van der Waals surface area contributed by atoms with Crippen molar-refractivity contribution < 1.29 is 0 Å². The Bertz CT molecular complexity index is 837. The summed E-state index contributed by atoms with van der Waals surface area (Å²) >= 11 is 0. The van der Waals surface area contributed by atoms with E-state index in [0.717, 1.165) is 34.1 Å². The molecule has 0 saturated carbocycles. The number of hydrogen-bond acceptors (Lipinski definition) is 3. The van der Waals surface area contributed by atoms with Crippen LogP contribution in [0.3, 0.4) is 0 Å². The van der Waals surface area contributed by atoms with Crippen molar-refractivity contribution in [3.63, 3.8) is 0 Å². The largest absolute Gasteiger partial charge is 0.260 e. The molecule has 0 radical (unpaired) electrons. The maximum absolute atomic E-state index is 4.59. The molecule has 23 heavy (non-hydrogen) atoms. The van der Waals surface area contributed by atoms with Crippen molar-refractivity contribution in [2.24, 2.45) is 5.92 Å². The minimum Gasteiger partial charge on any atom is -0.260 e. The van der Waals surface area contributed by atoms with Crippen molar-refractivity contribution in [2.75, 3.05) is 0 Å². The van der Waals surface area contributed by atoms with E-state index in [9.17, 15) is 0 Å². The molecule has 3 aromatic heterocycles. The molecule has 3 aromatic rings. The fraction of sp³-hybridized carbons (Fsp3) is 0.316. The molecule has 0 spiro atoms. The van der Waals surface area contributed by atoms with Gasteiger partial charge in [0.05, 0.1) is 11.9 Å². The van der Waals surface area contributed by atoms with Crippen molar-refractivity contribution in [3.05, 3.63) is 60.3 Å². The van der Waals surface area contributed by atoms with Crippen molar-refractivity contribution >= 4 is 5.65 Å². The minimum atomic E-state index is 0.371. The lowest BCUT2D eigenvalue weighted by Crippen LogP contribution is -1.94. The quantitative estimate of drug-likeness (QED) is 0.658. The molecule has 118 valence electrons. The summed E-state index contributed by atoms with van der Waals surface area (Å²) in [6, 6.07) is 6.00. The fourth-order valence-electron chi connectivity index (χ4n) is 2.30. The summed E-state index contributed by atoms with van der Waals surface area (Å²) in [7, 11) is 0. The van der Waals surface area contributed by atoms with Crippen LogP contribution in [0.4, 0.5) is 0 Å². The van der Waals surface area contributed by atoms with E-state index in [1.807, 2.05) is 37.6 Å². The number of aromatic nitrogens is 4. The molecular weight excluding hydrogens is 284 g/mol. The molecule has 3 heterocycles. The van der Waals surface area contributed by atoms with Gasteiger partial charge in [-0.3, -0.25) is 4.98 Å². The van der Waals surface area contributed by atoms with Gasteiger partial charge in [0.2, 0.25) is 0 Å². The summed E-state index contributed by atoms with van der Waals surface area (Å²) in [6.07, 6.45) is 9.94. The topological polar surface area (TPSA) is 43.1 Å². The predicted molar refractivity (Wildman–Crippen MR) is 93.3 cm³/mol. The van der Waals surface area contributed by atoms with E-state index < -0.39 is 0 Å². The zero-order valence-electron chi connectivity index (χ0n) is 14.1. The first-order chi connectivity index (χ1) is 11.1. The average Bonchev–Trinajstić information content (AvgIpc) is 3.27. The Hall–Kier alpha value is -2.49. The van der Waals surface area contributed by atoms with Crippen molar-refractivity contribution in [1.29, 1.82) is 0 Å². The summed E-state index contributed by atoms with van der Waals surface area (Å²) in [5, 5.41) is 4.36. The fourth-order valence-corrected chi connectivity index (χ4v) is 2.30. The lowest BCUT2D eigenvalue weighted by atomic mass is 10.0. The van der Waals surface area contributed by atoms with E-state index in [4.69, 9.17) is 0 Å². The van der Waals surface area contributed by atoms with Crippen molar-refractivity contribution in [3.8, 4) is 11.1 Å². The number of pyridine rings is 1. The van der Waals surface area contributed by atoms with Crippen molar-refractivity contribution in [2.45, 2.75) is 33.6 Å². The Balaban J connectivity index is 0.000000354. The number of rotatable bonds is 2. The van der Waals surface area contributed by atoms with Gasteiger partial charge in [0, 0.05) is 35.1 Å². The third kappa shape index (κ3) is 3.47. The molecule has 4 heteroatoms. The molecule has 0 fully saturated rings.